The number of carbonyl (C=O) groups is 1. The lowest BCUT2D eigenvalue weighted by Crippen LogP contribution is -2.42. The van der Waals surface area contributed by atoms with Crippen LogP contribution in [0.2, 0.25) is 0 Å². The lowest BCUT2D eigenvalue weighted by molar-refractivity contribution is -0.139. The number of aliphatic hydroxyl groups is 1. The molecule has 1 atom stereocenters. The van der Waals surface area contributed by atoms with Crippen molar-refractivity contribution in [3.8, 4) is 0 Å². The van der Waals surface area contributed by atoms with E-state index in [1.54, 1.807) is 0 Å². The Morgan fingerprint density at radius 1 is 1.05 bits per heavy atom. The summed E-state index contributed by atoms with van der Waals surface area (Å²) in [5.74, 6) is -1.32. The third-order valence-electron chi connectivity index (χ3n) is 3.30. The Morgan fingerprint density at radius 2 is 1.57 bits per heavy atom. The van der Waals surface area contributed by atoms with Crippen molar-refractivity contribution in [3.63, 3.8) is 0 Å². The van der Waals surface area contributed by atoms with Crippen molar-refractivity contribution in [2.24, 2.45) is 0 Å². The second kappa shape index (κ2) is 11.9. The fourth-order valence-corrected chi connectivity index (χ4v) is 3.42. The Kier molecular flexibility index (Phi) is 11.6. The molecule has 0 aromatic heterocycles. The lowest BCUT2D eigenvalue weighted by atomic mass is 10.1. The molecule has 0 saturated carbocycles. The maximum atomic E-state index is 11.7. The predicted molar refractivity (Wildman–Crippen MR) is 82.7 cm³/mol. The second-order valence-corrected chi connectivity index (χ2v) is 7.19. The third kappa shape index (κ3) is 11.7. The van der Waals surface area contributed by atoms with E-state index >= 15 is 0 Å². The highest BCUT2D eigenvalue weighted by Crippen LogP contribution is 2.09. The fraction of sp³-hybridized carbons (Fsp3) is 0.929. The van der Waals surface area contributed by atoms with Gasteiger partial charge in [0.25, 0.3) is 0 Å². The van der Waals surface area contributed by atoms with Crippen LogP contribution in [0, 0.1) is 0 Å². The summed E-state index contributed by atoms with van der Waals surface area (Å²) >= 11 is 0. The number of rotatable bonds is 14. The molecule has 0 aromatic rings. The summed E-state index contributed by atoms with van der Waals surface area (Å²) in [6.07, 6.45) is 8.27. The van der Waals surface area contributed by atoms with Gasteiger partial charge in [-0.15, -0.1) is 0 Å². The second-order valence-electron chi connectivity index (χ2n) is 5.31. The van der Waals surface area contributed by atoms with Gasteiger partial charge in [0.1, 0.15) is 6.04 Å². The van der Waals surface area contributed by atoms with Gasteiger partial charge in [0.05, 0.1) is 5.75 Å². The summed E-state index contributed by atoms with van der Waals surface area (Å²) in [4.78, 5) is 10.8. The Balaban J connectivity index is 3.84. The molecule has 0 heterocycles. The molecule has 0 rings (SSSR count). The number of carboxylic acids is 1. The molecule has 0 fully saturated rings. The van der Waals surface area contributed by atoms with E-state index in [-0.39, 0.29) is 18.8 Å². The zero-order chi connectivity index (χ0) is 16.1. The van der Waals surface area contributed by atoms with E-state index < -0.39 is 22.0 Å². The maximum Gasteiger partial charge on any atom is 0.321 e. The van der Waals surface area contributed by atoms with Gasteiger partial charge in [-0.05, 0) is 12.8 Å². The van der Waals surface area contributed by atoms with Crippen molar-refractivity contribution >= 4 is 16.0 Å². The van der Waals surface area contributed by atoms with E-state index in [9.17, 15) is 13.2 Å². The first kappa shape index (κ1) is 20.3. The Bertz CT molecular complexity index is 370. The van der Waals surface area contributed by atoms with Gasteiger partial charge in [-0.25, -0.2) is 13.1 Å². The summed E-state index contributed by atoms with van der Waals surface area (Å²) in [5.41, 5.74) is 0. The highest BCUT2D eigenvalue weighted by molar-refractivity contribution is 7.89. The summed E-state index contributed by atoms with van der Waals surface area (Å²) in [5, 5.41) is 17.6. The first-order valence-corrected chi connectivity index (χ1v) is 9.42. The van der Waals surface area contributed by atoms with Gasteiger partial charge >= 0.3 is 5.97 Å². The van der Waals surface area contributed by atoms with E-state index in [4.69, 9.17) is 10.2 Å². The molecule has 0 amide bonds. The van der Waals surface area contributed by atoms with Crippen LogP contribution in [-0.4, -0.2) is 43.0 Å². The minimum Gasteiger partial charge on any atom is -0.480 e. The third-order valence-corrected chi connectivity index (χ3v) is 4.77. The largest absolute Gasteiger partial charge is 0.480 e. The first-order chi connectivity index (χ1) is 9.93. The van der Waals surface area contributed by atoms with Crippen LogP contribution in [0.1, 0.15) is 64.7 Å². The van der Waals surface area contributed by atoms with E-state index in [0.29, 0.717) is 6.42 Å². The van der Waals surface area contributed by atoms with Crippen LogP contribution in [0.4, 0.5) is 0 Å². The van der Waals surface area contributed by atoms with Crippen LogP contribution in [0.3, 0.4) is 0 Å². The molecule has 0 aliphatic heterocycles. The summed E-state index contributed by atoms with van der Waals surface area (Å²) in [6, 6.07) is -1.24. The fourth-order valence-electron chi connectivity index (χ4n) is 2.06. The summed E-state index contributed by atoms with van der Waals surface area (Å²) in [7, 11) is -3.59. The van der Waals surface area contributed by atoms with E-state index in [2.05, 4.69) is 11.6 Å². The molecule has 0 aromatic carbocycles. The van der Waals surface area contributed by atoms with Gasteiger partial charge < -0.3 is 10.2 Å². The monoisotopic (exact) mass is 323 g/mol. The number of unbranched alkanes of at least 4 members (excludes halogenated alkanes) is 7. The van der Waals surface area contributed by atoms with Crippen LogP contribution in [0.15, 0.2) is 0 Å². The molecule has 6 nitrogen and oxygen atoms in total. The maximum absolute atomic E-state index is 11.7. The van der Waals surface area contributed by atoms with E-state index in [1.807, 2.05) is 0 Å². The molecule has 0 bridgehead atoms. The Hall–Kier alpha value is -0.660. The van der Waals surface area contributed by atoms with Gasteiger partial charge in [-0.3, -0.25) is 4.79 Å². The zero-order valence-electron chi connectivity index (χ0n) is 12.9. The topological polar surface area (TPSA) is 104 Å². The van der Waals surface area contributed by atoms with Crippen molar-refractivity contribution in [1.82, 2.24) is 4.72 Å². The minimum atomic E-state index is -3.59. The van der Waals surface area contributed by atoms with Crippen molar-refractivity contribution in [1.29, 1.82) is 0 Å². The number of nitrogens with one attached hydrogen (secondary N) is 1. The standard InChI is InChI=1S/C14H29NO5S/c1-2-3-4-5-6-7-8-9-12-21(19,20)15-13(10-11-16)14(17)18/h13,15-16H,2-12H2,1H3,(H,17,18)/t13-/m0/s1. The summed E-state index contributed by atoms with van der Waals surface area (Å²) in [6.45, 7) is 1.80. The van der Waals surface area contributed by atoms with Gasteiger partial charge in [-0.1, -0.05) is 51.9 Å². The van der Waals surface area contributed by atoms with Crippen LogP contribution >= 0.6 is 0 Å². The smallest absolute Gasteiger partial charge is 0.321 e. The average molecular weight is 323 g/mol. The number of aliphatic hydroxyl groups excluding tert-OH is 1. The number of hydrogen-bond acceptors (Lipinski definition) is 4. The molecule has 21 heavy (non-hydrogen) atoms. The minimum absolute atomic E-state index is 0.0584. The van der Waals surface area contributed by atoms with Crippen LogP contribution < -0.4 is 4.72 Å². The predicted octanol–water partition coefficient (Wildman–Crippen LogP) is 1.88. The van der Waals surface area contributed by atoms with Crippen molar-refractivity contribution in [3.05, 3.63) is 0 Å². The van der Waals surface area contributed by atoms with Crippen LogP contribution in [0.25, 0.3) is 0 Å². The van der Waals surface area contributed by atoms with E-state index in [1.165, 1.54) is 25.7 Å². The van der Waals surface area contributed by atoms with Crippen molar-refractivity contribution in [2.75, 3.05) is 12.4 Å². The molecule has 0 aliphatic rings. The molecule has 0 aliphatic carbocycles. The van der Waals surface area contributed by atoms with Gasteiger partial charge in [-0.2, -0.15) is 0 Å². The summed E-state index contributed by atoms with van der Waals surface area (Å²) < 4.78 is 25.6. The van der Waals surface area contributed by atoms with Crippen molar-refractivity contribution in [2.45, 2.75) is 70.8 Å². The molecule has 126 valence electrons. The highest BCUT2D eigenvalue weighted by atomic mass is 32.2. The van der Waals surface area contributed by atoms with Crippen molar-refractivity contribution < 1.29 is 23.4 Å². The molecule has 0 unspecified atom stereocenters. The molecule has 3 N–H and O–H groups in total. The SMILES string of the molecule is CCCCCCCCCCS(=O)(=O)N[C@@H](CCO)C(=O)O. The molecule has 0 spiro atoms. The Morgan fingerprint density at radius 3 is 2.05 bits per heavy atom. The first-order valence-electron chi connectivity index (χ1n) is 7.76. The van der Waals surface area contributed by atoms with Crippen LogP contribution in [-0.2, 0) is 14.8 Å². The molecular formula is C14H29NO5S. The number of aliphatic carboxylic acids is 1. The molecule has 0 radical (unpaired) electrons. The van der Waals surface area contributed by atoms with Gasteiger partial charge in [0.15, 0.2) is 0 Å². The number of carboxylic acid groups (broad SMARTS) is 1. The highest BCUT2D eigenvalue weighted by Gasteiger charge is 2.22. The molecular weight excluding hydrogens is 294 g/mol. The van der Waals surface area contributed by atoms with Gasteiger partial charge in [0.2, 0.25) is 10.0 Å². The normalized spacial score (nSPS) is 13.2. The van der Waals surface area contributed by atoms with E-state index in [0.717, 1.165) is 19.3 Å². The lowest BCUT2D eigenvalue weighted by Gasteiger charge is -2.13. The number of hydrogen-bond donors (Lipinski definition) is 3. The van der Waals surface area contributed by atoms with Gasteiger partial charge in [0, 0.05) is 6.61 Å². The quantitative estimate of drug-likeness (QED) is 0.423. The number of sulfonamides is 1. The average Bonchev–Trinajstić information content (AvgIpc) is 2.41. The molecule has 7 heteroatoms. The zero-order valence-corrected chi connectivity index (χ0v) is 13.7. The van der Waals surface area contributed by atoms with Crippen LogP contribution in [0.5, 0.6) is 0 Å². The molecule has 0 saturated heterocycles. The Labute approximate surface area is 128 Å².